The first-order valence-electron chi connectivity index (χ1n) is 7.39. The Morgan fingerprint density at radius 1 is 1.04 bits per heavy atom. The van der Waals surface area contributed by atoms with Crippen LogP contribution in [0.2, 0.25) is 0 Å². The lowest BCUT2D eigenvalue weighted by Gasteiger charge is -2.36. The van der Waals surface area contributed by atoms with Crippen molar-refractivity contribution >= 4 is 28.9 Å². The van der Waals surface area contributed by atoms with Crippen molar-refractivity contribution < 1.29 is 29.6 Å². The molecule has 1 saturated heterocycles. The summed E-state index contributed by atoms with van der Waals surface area (Å²) in [5, 5.41) is 37.3. The van der Waals surface area contributed by atoms with Crippen molar-refractivity contribution in [3.05, 3.63) is 18.2 Å². The summed E-state index contributed by atoms with van der Waals surface area (Å²) in [7, 11) is 0. The van der Waals surface area contributed by atoms with Crippen LogP contribution >= 0.6 is 0 Å². The predicted molar refractivity (Wildman–Crippen MR) is 86.4 cm³/mol. The van der Waals surface area contributed by atoms with Crippen molar-refractivity contribution in [2.45, 2.75) is 38.4 Å². The first-order chi connectivity index (χ1) is 11.3. The molecule has 0 radical (unpaired) electrons. The molecule has 1 aliphatic rings. The summed E-state index contributed by atoms with van der Waals surface area (Å²) >= 11 is 0. The van der Waals surface area contributed by atoms with Gasteiger partial charge >= 0.3 is 0 Å². The number of hydrogen-bond donors (Lipinski definition) is 6. The molecular weight excluding hydrogens is 318 g/mol. The van der Waals surface area contributed by atoms with Gasteiger partial charge in [-0.15, -0.1) is 0 Å². The molecule has 6 N–H and O–H groups in total. The maximum absolute atomic E-state index is 11.3. The molecule has 0 bridgehead atoms. The molecule has 1 aliphatic heterocycles. The summed E-state index contributed by atoms with van der Waals surface area (Å²) in [5.41, 5.74) is 1.27. The largest absolute Gasteiger partial charge is 0.388 e. The van der Waals surface area contributed by atoms with Crippen LogP contribution in [-0.2, 0) is 14.3 Å². The van der Waals surface area contributed by atoms with Crippen LogP contribution in [0.1, 0.15) is 13.8 Å². The van der Waals surface area contributed by atoms with Crippen molar-refractivity contribution in [3.63, 3.8) is 0 Å². The summed E-state index contributed by atoms with van der Waals surface area (Å²) in [6, 6.07) is 4.74. The molecule has 1 unspecified atom stereocenters. The molecule has 9 nitrogen and oxygen atoms in total. The van der Waals surface area contributed by atoms with Gasteiger partial charge in [0.2, 0.25) is 11.8 Å². The van der Waals surface area contributed by atoms with E-state index in [2.05, 4.69) is 16.0 Å². The zero-order valence-corrected chi connectivity index (χ0v) is 13.3. The Morgan fingerprint density at radius 3 is 2.33 bits per heavy atom. The summed E-state index contributed by atoms with van der Waals surface area (Å²) in [4.78, 5) is 22.5. The highest BCUT2D eigenvalue weighted by molar-refractivity contribution is 5.95. The Morgan fingerprint density at radius 2 is 1.71 bits per heavy atom. The van der Waals surface area contributed by atoms with Crippen LogP contribution in [-0.4, -0.2) is 58.3 Å². The van der Waals surface area contributed by atoms with Crippen LogP contribution in [0, 0.1) is 0 Å². The van der Waals surface area contributed by atoms with E-state index in [1.54, 1.807) is 18.2 Å². The highest BCUT2D eigenvalue weighted by Gasteiger charge is 2.37. The number of benzene rings is 1. The van der Waals surface area contributed by atoms with Gasteiger partial charge in [-0.1, -0.05) is 0 Å². The molecule has 2 rings (SSSR count). The zero-order valence-electron chi connectivity index (χ0n) is 13.3. The zero-order chi connectivity index (χ0) is 17.9. The van der Waals surface area contributed by atoms with Gasteiger partial charge in [0.1, 0.15) is 18.3 Å². The molecule has 1 heterocycles. The minimum atomic E-state index is -1.37. The topological polar surface area (TPSA) is 140 Å². The van der Waals surface area contributed by atoms with Crippen LogP contribution < -0.4 is 16.0 Å². The van der Waals surface area contributed by atoms with Crippen molar-refractivity contribution in [3.8, 4) is 0 Å². The van der Waals surface area contributed by atoms with Crippen molar-refractivity contribution in [2.75, 3.05) is 22.6 Å². The summed E-state index contributed by atoms with van der Waals surface area (Å²) in [6.07, 6.45) is -4.91. The van der Waals surface area contributed by atoms with Gasteiger partial charge in [-0.25, -0.2) is 0 Å². The number of nitrogens with one attached hydrogen (secondary N) is 3. The van der Waals surface area contributed by atoms with Crippen LogP contribution in [0.25, 0.3) is 0 Å². The monoisotopic (exact) mass is 339 g/mol. The lowest BCUT2D eigenvalue weighted by Crippen LogP contribution is -2.55. The Bertz CT molecular complexity index is 623. The average molecular weight is 339 g/mol. The number of ether oxygens (including phenoxy) is 1. The highest BCUT2D eigenvalue weighted by atomic mass is 16.5. The van der Waals surface area contributed by atoms with Gasteiger partial charge in [-0.05, 0) is 18.2 Å². The number of carbonyl (C=O) groups is 2. The maximum Gasteiger partial charge on any atom is 0.221 e. The summed E-state index contributed by atoms with van der Waals surface area (Å²) < 4.78 is 5.29. The highest BCUT2D eigenvalue weighted by Crippen LogP contribution is 2.28. The van der Waals surface area contributed by atoms with E-state index in [0.717, 1.165) is 0 Å². The third-order valence-corrected chi connectivity index (χ3v) is 3.45. The van der Waals surface area contributed by atoms with Crippen LogP contribution in [0.3, 0.4) is 0 Å². The van der Waals surface area contributed by atoms with Gasteiger partial charge in [0, 0.05) is 19.5 Å². The van der Waals surface area contributed by atoms with Gasteiger partial charge in [0.05, 0.1) is 18.0 Å². The molecule has 0 spiro atoms. The molecule has 2 amide bonds. The number of carbonyl (C=O) groups excluding carboxylic acids is 2. The Hall–Kier alpha value is -2.20. The van der Waals surface area contributed by atoms with Crippen molar-refractivity contribution in [2.24, 2.45) is 0 Å². The molecule has 0 aliphatic carbocycles. The lowest BCUT2D eigenvalue weighted by atomic mass is 10.0. The number of rotatable bonds is 4. The number of amides is 2. The smallest absolute Gasteiger partial charge is 0.221 e. The number of aliphatic hydroxyl groups is 3. The van der Waals surface area contributed by atoms with Crippen molar-refractivity contribution in [1.82, 2.24) is 0 Å². The molecular formula is C15H21N3O6. The van der Waals surface area contributed by atoms with E-state index in [1.165, 1.54) is 13.8 Å². The first-order valence-corrected chi connectivity index (χ1v) is 7.39. The number of hydrogen-bond acceptors (Lipinski definition) is 7. The SMILES string of the molecule is CC(=O)Nc1ccc(NC(C)=O)c(NC2OC[C@H](O)[C@H](O)[C@H]2O)c1. The van der Waals surface area contributed by atoms with Gasteiger partial charge < -0.3 is 36.0 Å². The van der Waals surface area contributed by atoms with Crippen molar-refractivity contribution in [1.29, 1.82) is 0 Å². The van der Waals surface area contributed by atoms with E-state index in [1.807, 2.05) is 0 Å². The van der Waals surface area contributed by atoms with Crippen LogP contribution in [0.5, 0.6) is 0 Å². The predicted octanol–water partition coefficient (Wildman–Crippen LogP) is -0.546. The second-order valence-corrected chi connectivity index (χ2v) is 5.57. The maximum atomic E-state index is 11.3. The van der Waals surface area contributed by atoms with E-state index in [4.69, 9.17) is 4.74 Å². The van der Waals surface area contributed by atoms with Gasteiger partial charge in [0.15, 0.2) is 6.23 Å². The molecule has 132 valence electrons. The fourth-order valence-electron chi connectivity index (χ4n) is 2.33. The van der Waals surface area contributed by atoms with Crippen LogP contribution in [0.15, 0.2) is 18.2 Å². The second-order valence-electron chi connectivity index (χ2n) is 5.57. The second kappa shape index (κ2) is 7.58. The van der Waals surface area contributed by atoms with E-state index >= 15 is 0 Å². The fraction of sp³-hybridized carbons (Fsp3) is 0.467. The Labute approximate surface area is 138 Å². The third-order valence-electron chi connectivity index (χ3n) is 3.45. The molecule has 24 heavy (non-hydrogen) atoms. The first kappa shape index (κ1) is 18.1. The van der Waals surface area contributed by atoms with Gasteiger partial charge in [-0.3, -0.25) is 9.59 Å². The normalized spacial score (nSPS) is 26.5. The molecule has 1 aromatic carbocycles. The minimum Gasteiger partial charge on any atom is -0.388 e. The standard InChI is InChI=1S/C15H21N3O6/c1-7(19)16-9-3-4-10(17-8(2)20)11(5-9)18-15-14(23)13(22)12(21)6-24-15/h3-5,12-15,18,21-23H,6H2,1-2H3,(H,16,19)(H,17,20)/t12-,13-,14+,15?/m0/s1. The molecule has 1 fully saturated rings. The molecule has 4 atom stereocenters. The van der Waals surface area contributed by atoms with E-state index in [-0.39, 0.29) is 18.4 Å². The summed E-state index contributed by atoms with van der Waals surface area (Å²) in [5.74, 6) is -0.563. The molecule has 1 aromatic rings. The Balaban J connectivity index is 2.24. The number of anilines is 3. The minimum absolute atomic E-state index is 0.156. The van der Waals surface area contributed by atoms with Gasteiger partial charge in [-0.2, -0.15) is 0 Å². The van der Waals surface area contributed by atoms with Gasteiger partial charge in [0.25, 0.3) is 0 Å². The molecule has 0 saturated carbocycles. The molecule has 9 heteroatoms. The third kappa shape index (κ3) is 4.42. The Kier molecular flexibility index (Phi) is 5.73. The lowest BCUT2D eigenvalue weighted by molar-refractivity contribution is -0.178. The van der Waals surface area contributed by atoms with Crippen LogP contribution in [0.4, 0.5) is 17.1 Å². The van der Waals surface area contributed by atoms with E-state index in [0.29, 0.717) is 17.1 Å². The van der Waals surface area contributed by atoms with E-state index < -0.39 is 24.5 Å². The van der Waals surface area contributed by atoms with E-state index in [9.17, 15) is 24.9 Å². The number of aliphatic hydroxyl groups excluding tert-OH is 3. The fourth-order valence-corrected chi connectivity index (χ4v) is 2.33. The summed E-state index contributed by atoms with van der Waals surface area (Å²) in [6.45, 7) is 2.55. The average Bonchev–Trinajstić information content (AvgIpc) is 2.49. The quantitative estimate of drug-likeness (QED) is 0.433. The molecule has 0 aromatic heterocycles.